The normalized spacial score (nSPS) is 11.1. The van der Waals surface area contributed by atoms with Crippen LogP contribution in [0.2, 0.25) is 0 Å². The summed E-state index contributed by atoms with van der Waals surface area (Å²) in [7, 11) is 1.48. The number of amides is 2. The summed E-state index contributed by atoms with van der Waals surface area (Å²) >= 11 is 0. The average molecular weight is 390 g/mol. The minimum absolute atomic E-state index is 0.165. The fraction of sp³-hybridized carbons (Fsp3) is 0.474. The molecule has 0 aliphatic rings. The lowest BCUT2D eigenvalue weighted by Crippen LogP contribution is -2.20. The summed E-state index contributed by atoms with van der Waals surface area (Å²) in [5.74, 6) is 1.15. The van der Waals surface area contributed by atoms with Gasteiger partial charge in [-0.2, -0.15) is 4.98 Å². The minimum atomic E-state index is -0.605. The number of benzene rings is 1. The number of primary amides is 1. The van der Waals surface area contributed by atoms with E-state index in [2.05, 4.69) is 15.5 Å². The van der Waals surface area contributed by atoms with Crippen molar-refractivity contribution in [2.45, 2.75) is 45.4 Å². The molecule has 1 aromatic carbocycles. The lowest BCUT2D eigenvalue weighted by atomic mass is 9.96. The Bertz CT molecular complexity index is 826. The van der Waals surface area contributed by atoms with Crippen LogP contribution in [0.15, 0.2) is 22.7 Å². The highest BCUT2D eigenvalue weighted by atomic mass is 16.5. The largest absolute Gasteiger partial charge is 0.493 e. The van der Waals surface area contributed by atoms with E-state index in [4.69, 9.17) is 19.7 Å². The summed E-state index contributed by atoms with van der Waals surface area (Å²) in [5.41, 5.74) is 5.43. The maximum Gasteiger partial charge on any atom is 0.255 e. The Hall–Kier alpha value is -3.10. The number of aromatic nitrogens is 2. The molecular formula is C19H26N4O5. The third-order valence-electron chi connectivity index (χ3n) is 3.75. The summed E-state index contributed by atoms with van der Waals surface area (Å²) in [6, 6.07) is 4.90. The van der Waals surface area contributed by atoms with Crippen molar-refractivity contribution in [3.8, 4) is 11.5 Å². The first-order chi connectivity index (χ1) is 13.2. The number of anilines is 1. The smallest absolute Gasteiger partial charge is 0.255 e. The fourth-order valence-electron chi connectivity index (χ4n) is 2.30. The van der Waals surface area contributed by atoms with Gasteiger partial charge in [0.2, 0.25) is 11.8 Å². The quantitative estimate of drug-likeness (QED) is 0.671. The zero-order valence-corrected chi connectivity index (χ0v) is 16.6. The van der Waals surface area contributed by atoms with Gasteiger partial charge in [-0.1, -0.05) is 25.9 Å². The van der Waals surface area contributed by atoms with Crippen molar-refractivity contribution >= 4 is 17.5 Å². The van der Waals surface area contributed by atoms with Crippen LogP contribution in [-0.2, 0) is 21.4 Å². The van der Waals surface area contributed by atoms with Gasteiger partial charge in [-0.15, -0.1) is 0 Å². The molecule has 0 aliphatic heterocycles. The molecule has 0 radical (unpaired) electrons. The average Bonchev–Trinajstić information content (AvgIpc) is 3.09. The van der Waals surface area contributed by atoms with E-state index in [1.807, 2.05) is 20.8 Å². The van der Waals surface area contributed by atoms with Gasteiger partial charge < -0.3 is 25.0 Å². The van der Waals surface area contributed by atoms with E-state index in [1.165, 1.54) is 7.11 Å². The Morgan fingerprint density at radius 2 is 2.00 bits per heavy atom. The number of rotatable bonds is 9. The van der Waals surface area contributed by atoms with Crippen molar-refractivity contribution in [2.24, 2.45) is 5.73 Å². The number of hydrogen-bond donors (Lipinski definition) is 2. The van der Waals surface area contributed by atoms with Gasteiger partial charge in [0.25, 0.3) is 5.91 Å². The topological polar surface area (TPSA) is 130 Å². The molecule has 0 aliphatic carbocycles. The molecule has 0 bridgehead atoms. The number of nitrogens with zero attached hydrogens (tertiary/aromatic N) is 2. The molecule has 2 aromatic rings. The van der Waals surface area contributed by atoms with E-state index in [-0.39, 0.29) is 24.3 Å². The Labute approximate surface area is 163 Å². The molecule has 9 heteroatoms. The molecule has 152 valence electrons. The second-order valence-corrected chi connectivity index (χ2v) is 7.28. The Morgan fingerprint density at radius 3 is 2.61 bits per heavy atom. The molecule has 3 N–H and O–H groups in total. The van der Waals surface area contributed by atoms with Crippen LogP contribution in [0.4, 0.5) is 5.69 Å². The monoisotopic (exact) mass is 390 g/mol. The first-order valence-corrected chi connectivity index (χ1v) is 8.91. The molecule has 0 saturated heterocycles. The zero-order chi connectivity index (χ0) is 20.7. The number of ether oxygens (including phenoxy) is 2. The van der Waals surface area contributed by atoms with Crippen molar-refractivity contribution in [3.05, 3.63) is 29.9 Å². The number of carbonyl (C=O) groups excluding carboxylic acids is 2. The summed E-state index contributed by atoms with van der Waals surface area (Å²) in [4.78, 5) is 27.4. The second kappa shape index (κ2) is 9.20. The fourth-order valence-corrected chi connectivity index (χ4v) is 2.30. The standard InChI is InChI=1S/C19H26N4O5/c1-19(2,3)18-22-17(28-23-18)7-5-6-16(25)21-12-8-9-13(26-4)14(10-12)27-11-15(20)24/h8-10H,5-7,11H2,1-4H3,(H2,20,24)(H,21,25). The van der Waals surface area contributed by atoms with E-state index in [9.17, 15) is 9.59 Å². The van der Waals surface area contributed by atoms with Gasteiger partial charge in [0.15, 0.2) is 23.9 Å². The van der Waals surface area contributed by atoms with E-state index < -0.39 is 5.91 Å². The summed E-state index contributed by atoms with van der Waals surface area (Å²) in [6.45, 7) is 5.73. The number of aryl methyl sites for hydroxylation is 1. The van der Waals surface area contributed by atoms with E-state index in [1.54, 1.807) is 18.2 Å². The molecule has 1 heterocycles. The van der Waals surface area contributed by atoms with Crippen LogP contribution in [0.25, 0.3) is 0 Å². The van der Waals surface area contributed by atoms with Crippen molar-refractivity contribution in [1.29, 1.82) is 0 Å². The highest BCUT2D eigenvalue weighted by Gasteiger charge is 2.20. The van der Waals surface area contributed by atoms with Crippen LogP contribution < -0.4 is 20.5 Å². The molecule has 2 amide bonds. The first-order valence-electron chi connectivity index (χ1n) is 8.91. The lowest BCUT2D eigenvalue weighted by Gasteiger charge is -2.12. The van der Waals surface area contributed by atoms with Crippen molar-refractivity contribution in [3.63, 3.8) is 0 Å². The zero-order valence-electron chi connectivity index (χ0n) is 16.6. The maximum absolute atomic E-state index is 12.2. The Balaban J connectivity index is 1.87. The van der Waals surface area contributed by atoms with Crippen molar-refractivity contribution < 1.29 is 23.6 Å². The first kappa shape index (κ1) is 21.2. The Morgan fingerprint density at radius 1 is 1.25 bits per heavy atom. The molecule has 9 nitrogen and oxygen atoms in total. The predicted molar refractivity (Wildman–Crippen MR) is 102 cm³/mol. The van der Waals surface area contributed by atoms with Gasteiger partial charge in [0.1, 0.15) is 0 Å². The number of nitrogens with one attached hydrogen (secondary N) is 1. The molecule has 0 atom stereocenters. The van der Waals surface area contributed by atoms with Crippen LogP contribution in [0.3, 0.4) is 0 Å². The van der Waals surface area contributed by atoms with Gasteiger partial charge in [-0.3, -0.25) is 9.59 Å². The van der Waals surface area contributed by atoms with Crippen LogP contribution in [-0.4, -0.2) is 35.7 Å². The maximum atomic E-state index is 12.2. The number of hydrogen-bond acceptors (Lipinski definition) is 7. The molecule has 28 heavy (non-hydrogen) atoms. The number of methoxy groups -OCH3 is 1. The van der Waals surface area contributed by atoms with Gasteiger partial charge in [-0.25, -0.2) is 0 Å². The molecule has 0 saturated carbocycles. The highest BCUT2D eigenvalue weighted by Crippen LogP contribution is 2.30. The molecule has 0 spiro atoms. The van der Waals surface area contributed by atoms with Crippen LogP contribution >= 0.6 is 0 Å². The van der Waals surface area contributed by atoms with Crippen LogP contribution in [0.1, 0.15) is 45.3 Å². The second-order valence-electron chi connectivity index (χ2n) is 7.28. The van der Waals surface area contributed by atoms with Gasteiger partial charge in [-0.05, 0) is 18.6 Å². The Kier molecular flexibility index (Phi) is 6.97. The predicted octanol–water partition coefficient (Wildman–Crippen LogP) is 2.20. The highest BCUT2D eigenvalue weighted by molar-refractivity contribution is 5.91. The lowest BCUT2D eigenvalue weighted by molar-refractivity contribution is -0.120. The molecule has 2 rings (SSSR count). The summed E-state index contributed by atoms with van der Waals surface area (Å²) in [6.07, 6.45) is 1.38. The third-order valence-corrected chi connectivity index (χ3v) is 3.75. The molecule has 0 unspecified atom stereocenters. The molecular weight excluding hydrogens is 364 g/mol. The van der Waals surface area contributed by atoms with E-state index >= 15 is 0 Å². The van der Waals surface area contributed by atoms with Crippen LogP contribution in [0, 0.1) is 0 Å². The third kappa shape index (κ3) is 6.26. The van der Waals surface area contributed by atoms with E-state index in [0.717, 1.165) is 0 Å². The molecule has 1 aromatic heterocycles. The number of nitrogens with two attached hydrogens (primary N) is 1. The summed E-state index contributed by atoms with van der Waals surface area (Å²) < 4.78 is 15.7. The van der Waals surface area contributed by atoms with Crippen molar-refractivity contribution in [1.82, 2.24) is 10.1 Å². The number of carbonyl (C=O) groups is 2. The van der Waals surface area contributed by atoms with Crippen LogP contribution in [0.5, 0.6) is 11.5 Å². The van der Waals surface area contributed by atoms with E-state index in [0.29, 0.717) is 41.7 Å². The molecule has 0 fully saturated rings. The summed E-state index contributed by atoms with van der Waals surface area (Å²) in [5, 5.41) is 6.74. The van der Waals surface area contributed by atoms with Gasteiger partial charge >= 0.3 is 0 Å². The van der Waals surface area contributed by atoms with Crippen molar-refractivity contribution in [2.75, 3.05) is 19.0 Å². The minimum Gasteiger partial charge on any atom is -0.493 e. The SMILES string of the molecule is COc1ccc(NC(=O)CCCc2nc(C(C)(C)C)no2)cc1OCC(N)=O. The van der Waals surface area contributed by atoms with Gasteiger partial charge in [0.05, 0.1) is 7.11 Å². The van der Waals surface area contributed by atoms with Gasteiger partial charge in [0, 0.05) is 30.0 Å².